The fourth-order valence-corrected chi connectivity index (χ4v) is 4.74. The van der Waals surface area contributed by atoms with Gasteiger partial charge in [0.05, 0.1) is 30.2 Å². The van der Waals surface area contributed by atoms with Gasteiger partial charge in [-0.15, -0.1) is 11.3 Å². The largest absolute Gasteiger partial charge is 0.351 e. The molecule has 0 spiro atoms. The lowest BCUT2D eigenvalue weighted by molar-refractivity contribution is -0.123. The van der Waals surface area contributed by atoms with E-state index >= 15 is 0 Å². The number of aryl methyl sites for hydroxylation is 1. The van der Waals surface area contributed by atoms with Crippen molar-refractivity contribution in [3.63, 3.8) is 0 Å². The molecule has 0 aromatic carbocycles. The molecule has 1 saturated carbocycles. The summed E-state index contributed by atoms with van der Waals surface area (Å²) < 4.78 is 2.02. The number of fused-ring (bicyclic) bond motifs is 1. The Bertz CT molecular complexity index is 703. The van der Waals surface area contributed by atoms with E-state index in [0.717, 1.165) is 24.5 Å². The van der Waals surface area contributed by atoms with Crippen LogP contribution in [0.3, 0.4) is 0 Å². The molecule has 2 aliphatic rings. The molecule has 1 atom stereocenters. The predicted molar refractivity (Wildman–Crippen MR) is 94.8 cm³/mol. The fraction of sp³-hybridized carbons (Fsp3) is 0.556. The van der Waals surface area contributed by atoms with E-state index in [4.69, 9.17) is 0 Å². The van der Waals surface area contributed by atoms with E-state index in [9.17, 15) is 4.79 Å². The maximum atomic E-state index is 12.9. The number of carbonyl (C=O) groups is 1. The predicted octanol–water partition coefficient (Wildman–Crippen LogP) is 2.64. The summed E-state index contributed by atoms with van der Waals surface area (Å²) in [4.78, 5) is 21.1. The van der Waals surface area contributed by atoms with E-state index < -0.39 is 0 Å². The molecule has 5 nitrogen and oxygen atoms in total. The van der Waals surface area contributed by atoms with E-state index in [1.165, 1.54) is 30.6 Å². The third-order valence-electron chi connectivity index (χ3n) is 5.34. The average Bonchev–Trinajstić information content (AvgIpc) is 3.34. The highest BCUT2D eigenvalue weighted by Crippen LogP contribution is 2.33. The number of carbonyl (C=O) groups excluding carboxylic acids is 1. The standard InChI is InChI=1S/C18H24N4OS/c1-21-12-20-16-11-22(13-5-2-3-6-13)10-15(17(16)21)18(23)19-9-14-7-4-8-24-14/h4,7-8,12-13,15H,2-3,5-6,9-11H2,1H3,(H,19,23)/t15-/m1/s1. The molecule has 0 saturated heterocycles. The first-order valence-electron chi connectivity index (χ1n) is 8.76. The molecular weight excluding hydrogens is 320 g/mol. The minimum absolute atomic E-state index is 0.121. The Hall–Kier alpha value is -1.66. The Morgan fingerprint density at radius 2 is 2.25 bits per heavy atom. The summed E-state index contributed by atoms with van der Waals surface area (Å²) >= 11 is 1.68. The molecule has 2 aromatic rings. The Kier molecular flexibility index (Phi) is 4.41. The van der Waals surface area contributed by atoms with Crippen LogP contribution in [0.15, 0.2) is 23.8 Å². The summed E-state index contributed by atoms with van der Waals surface area (Å²) in [5.74, 6) is -0.00207. The SMILES string of the molecule is Cn1cnc2c1[C@H](C(=O)NCc1cccs1)CN(C1CCCC1)C2. The molecule has 1 aliphatic heterocycles. The molecule has 3 heterocycles. The van der Waals surface area contributed by atoms with Crippen LogP contribution >= 0.6 is 11.3 Å². The van der Waals surface area contributed by atoms with Crippen LogP contribution in [0, 0.1) is 0 Å². The molecule has 4 rings (SSSR count). The maximum Gasteiger partial charge on any atom is 0.230 e. The van der Waals surface area contributed by atoms with Crippen molar-refractivity contribution in [1.82, 2.24) is 19.8 Å². The molecule has 6 heteroatoms. The number of hydrogen-bond donors (Lipinski definition) is 1. The fourth-order valence-electron chi connectivity index (χ4n) is 4.10. The summed E-state index contributed by atoms with van der Waals surface area (Å²) in [6, 6.07) is 4.70. The van der Waals surface area contributed by atoms with Gasteiger partial charge in [0, 0.05) is 31.1 Å². The van der Waals surface area contributed by atoms with E-state index in [1.54, 1.807) is 11.3 Å². The first kappa shape index (κ1) is 15.8. The van der Waals surface area contributed by atoms with Crippen LogP contribution in [0.2, 0.25) is 0 Å². The van der Waals surface area contributed by atoms with Gasteiger partial charge in [0.25, 0.3) is 0 Å². The minimum Gasteiger partial charge on any atom is -0.351 e. The van der Waals surface area contributed by atoms with Gasteiger partial charge in [-0.1, -0.05) is 18.9 Å². The van der Waals surface area contributed by atoms with E-state index in [-0.39, 0.29) is 11.8 Å². The topological polar surface area (TPSA) is 50.2 Å². The summed E-state index contributed by atoms with van der Waals surface area (Å²) in [6.45, 7) is 2.31. The lowest BCUT2D eigenvalue weighted by atomic mass is 9.95. The zero-order chi connectivity index (χ0) is 16.5. The van der Waals surface area contributed by atoms with Crippen LogP contribution in [0.25, 0.3) is 0 Å². The molecule has 24 heavy (non-hydrogen) atoms. The van der Waals surface area contributed by atoms with Crippen molar-refractivity contribution < 1.29 is 4.79 Å². The van der Waals surface area contributed by atoms with Crippen LogP contribution in [0.1, 0.15) is 47.9 Å². The molecular formula is C18H24N4OS. The lowest BCUT2D eigenvalue weighted by Gasteiger charge is -2.36. The first-order chi connectivity index (χ1) is 11.7. The molecule has 1 N–H and O–H groups in total. The van der Waals surface area contributed by atoms with Crippen LogP contribution in [0.4, 0.5) is 0 Å². The number of amides is 1. The summed E-state index contributed by atoms with van der Waals surface area (Å²) in [7, 11) is 2.00. The Labute approximate surface area is 146 Å². The van der Waals surface area contributed by atoms with Crippen molar-refractivity contribution in [2.75, 3.05) is 6.54 Å². The highest BCUT2D eigenvalue weighted by Gasteiger charge is 2.36. The summed E-state index contributed by atoms with van der Waals surface area (Å²) in [5.41, 5.74) is 2.17. The second-order valence-corrected chi connectivity index (χ2v) is 7.94. The Balaban J connectivity index is 1.52. The molecule has 0 bridgehead atoms. The van der Waals surface area contributed by atoms with E-state index in [2.05, 4.69) is 21.3 Å². The maximum absolute atomic E-state index is 12.9. The van der Waals surface area contributed by atoms with Gasteiger partial charge in [-0.05, 0) is 24.3 Å². The van der Waals surface area contributed by atoms with Crippen LogP contribution in [-0.2, 0) is 24.9 Å². The van der Waals surface area contributed by atoms with Gasteiger partial charge >= 0.3 is 0 Å². The number of nitrogens with one attached hydrogen (secondary N) is 1. The Morgan fingerprint density at radius 3 is 3.00 bits per heavy atom. The second kappa shape index (κ2) is 6.69. The normalized spacial score (nSPS) is 21.8. The lowest BCUT2D eigenvalue weighted by Crippen LogP contribution is -2.45. The van der Waals surface area contributed by atoms with Crippen molar-refractivity contribution in [3.8, 4) is 0 Å². The third-order valence-corrected chi connectivity index (χ3v) is 6.21. The number of rotatable bonds is 4. The summed E-state index contributed by atoms with van der Waals surface area (Å²) in [6.07, 6.45) is 6.98. The van der Waals surface area contributed by atoms with Crippen molar-refractivity contribution in [1.29, 1.82) is 0 Å². The zero-order valence-electron chi connectivity index (χ0n) is 14.1. The van der Waals surface area contributed by atoms with Gasteiger partial charge in [0.15, 0.2) is 0 Å². The molecule has 2 aromatic heterocycles. The number of aromatic nitrogens is 2. The van der Waals surface area contributed by atoms with Crippen LogP contribution in [0.5, 0.6) is 0 Å². The van der Waals surface area contributed by atoms with Gasteiger partial charge in [-0.2, -0.15) is 0 Å². The van der Waals surface area contributed by atoms with Gasteiger partial charge in [0.2, 0.25) is 5.91 Å². The number of nitrogens with zero attached hydrogens (tertiary/aromatic N) is 3. The van der Waals surface area contributed by atoms with Gasteiger partial charge in [-0.25, -0.2) is 4.98 Å². The van der Waals surface area contributed by atoms with E-state index in [1.807, 2.05) is 29.4 Å². The smallest absolute Gasteiger partial charge is 0.230 e. The van der Waals surface area contributed by atoms with Crippen molar-refractivity contribution in [2.45, 2.75) is 50.7 Å². The molecule has 1 fully saturated rings. The van der Waals surface area contributed by atoms with Gasteiger partial charge < -0.3 is 9.88 Å². The Morgan fingerprint density at radius 1 is 1.42 bits per heavy atom. The third kappa shape index (κ3) is 3.00. The minimum atomic E-state index is -0.123. The molecule has 1 amide bonds. The molecule has 128 valence electrons. The van der Waals surface area contributed by atoms with Crippen LogP contribution in [-0.4, -0.2) is 32.9 Å². The van der Waals surface area contributed by atoms with E-state index in [0.29, 0.717) is 12.6 Å². The molecule has 1 aliphatic carbocycles. The average molecular weight is 344 g/mol. The van der Waals surface area contributed by atoms with Crippen molar-refractivity contribution in [3.05, 3.63) is 40.1 Å². The monoisotopic (exact) mass is 344 g/mol. The zero-order valence-corrected chi connectivity index (χ0v) is 14.9. The molecule has 0 unspecified atom stereocenters. The van der Waals surface area contributed by atoms with Crippen molar-refractivity contribution in [2.24, 2.45) is 7.05 Å². The number of thiophene rings is 1. The van der Waals surface area contributed by atoms with Gasteiger partial charge in [-0.3, -0.25) is 9.69 Å². The molecule has 0 radical (unpaired) electrons. The highest BCUT2D eigenvalue weighted by molar-refractivity contribution is 7.09. The quantitative estimate of drug-likeness (QED) is 0.928. The highest BCUT2D eigenvalue weighted by atomic mass is 32.1. The number of imidazole rings is 1. The van der Waals surface area contributed by atoms with Crippen LogP contribution < -0.4 is 5.32 Å². The summed E-state index contributed by atoms with van der Waals surface area (Å²) in [5, 5.41) is 5.17. The van der Waals surface area contributed by atoms with Crippen molar-refractivity contribution >= 4 is 17.2 Å². The van der Waals surface area contributed by atoms with Gasteiger partial charge in [0.1, 0.15) is 0 Å². The second-order valence-electron chi connectivity index (χ2n) is 6.90. The number of hydrogen-bond acceptors (Lipinski definition) is 4. The first-order valence-corrected chi connectivity index (χ1v) is 9.64.